The summed E-state index contributed by atoms with van der Waals surface area (Å²) in [5, 5.41) is 8.74. The van der Waals surface area contributed by atoms with Gasteiger partial charge in [0.15, 0.2) is 0 Å². The van der Waals surface area contributed by atoms with Gasteiger partial charge >= 0.3 is 0 Å². The fraction of sp³-hybridized carbons (Fsp3) is 0.600. The average molecular weight is 196 g/mol. The highest BCUT2D eigenvalue weighted by molar-refractivity contribution is 5.17. The number of nitrogens with one attached hydrogen (secondary N) is 1. The van der Waals surface area contributed by atoms with Gasteiger partial charge in [0, 0.05) is 12.0 Å². The zero-order valence-corrected chi connectivity index (χ0v) is 8.63. The molecule has 78 valence electrons. The van der Waals surface area contributed by atoms with Crippen molar-refractivity contribution in [3.8, 4) is 0 Å². The molecule has 0 aliphatic heterocycles. The van der Waals surface area contributed by atoms with E-state index < -0.39 is 0 Å². The van der Waals surface area contributed by atoms with Crippen LogP contribution in [0.5, 0.6) is 0 Å². The molecule has 0 radical (unpaired) electrons. The molecule has 0 spiro atoms. The van der Waals surface area contributed by atoms with Crippen molar-refractivity contribution in [2.24, 2.45) is 0 Å². The first-order valence-corrected chi connectivity index (χ1v) is 4.94. The third kappa shape index (κ3) is 2.20. The molecule has 4 heteroatoms. The number of aliphatic hydroxyl groups excluding tert-OH is 1. The fourth-order valence-corrected chi connectivity index (χ4v) is 1.48. The number of aliphatic hydroxyl groups is 1. The molecule has 0 unspecified atom stereocenters. The predicted molar refractivity (Wildman–Crippen MR) is 54.4 cm³/mol. The molecule has 0 fully saturated rings. The Balaban J connectivity index is 3.17. The Kier molecular flexibility index (Phi) is 3.83. The summed E-state index contributed by atoms with van der Waals surface area (Å²) in [5.41, 5.74) is 1.54. The number of aromatic nitrogens is 2. The maximum atomic E-state index is 11.5. The lowest BCUT2D eigenvalue weighted by Crippen LogP contribution is -2.20. The Morgan fingerprint density at radius 1 is 1.36 bits per heavy atom. The second kappa shape index (κ2) is 4.91. The van der Waals surface area contributed by atoms with Gasteiger partial charge in [0.2, 0.25) is 0 Å². The van der Waals surface area contributed by atoms with E-state index in [1.165, 1.54) is 0 Å². The lowest BCUT2D eigenvalue weighted by Gasteiger charge is -2.05. The molecular weight excluding hydrogens is 180 g/mol. The van der Waals surface area contributed by atoms with Crippen LogP contribution in [0.2, 0.25) is 0 Å². The van der Waals surface area contributed by atoms with E-state index in [4.69, 9.17) is 5.11 Å². The van der Waals surface area contributed by atoms with Gasteiger partial charge in [-0.15, -0.1) is 0 Å². The van der Waals surface area contributed by atoms with Gasteiger partial charge in [0.1, 0.15) is 5.82 Å². The van der Waals surface area contributed by atoms with Crippen LogP contribution in [0.3, 0.4) is 0 Å². The van der Waals surface area contributed by atoms with E-state index in [-0.39, 0.29) is 12.2 Å². The van der Waals surface area contributed by atoms with Crippen LogP contribution < -0.4 is 5.56 Å². The summed E-state index contributed by atoms with van der Waals surface area (Å²) in [6, 6.07) is 0. The molecule has 0 saturated carbocycles. The van der Waals surface area contributed by atoms with Gasteiger partial charge in [-0.3, -0.25) is 4.79 Å². The topological polar surface area (TPSA) is 66.0 Å². The van der Waals surface area contributed by atoms with Crippen LogP contribution in [0.4, 0.5) is 0 Å². The Bertz CT molecular complexity index is 358. The highest BCUT2D eigenvalue weighted by Gasteiger charge is 2.07. The molecule has 14 heavy (non-hydrogen) atoms. The predicted octanol–water partition coefficient (Wildman–Crippen LogP) is 0.429. The number of hydrogen-bond donors (Lipinski definition) is 2. The maximum Gasteiger partial charge on any atom is 0.254 e. The normalized spacial score (nSPS) is 10.5. The summed E-state index contributed by atoms with van der Waals surface area (Å²) in [6.45, 7) is 3.93. The summed E-state index contributed by atoms with van der Waals surface area (Å²) >= 11 is 0. The Labute approximate surface area is 83.0 Å². The lowest BCUT2D eigenvalue weighted by atomic mass is 10.1. The van der Waals surface area contributed by atoms with Gasteiger partial charge in [-0.2, -0.15) is 0 Å². The average Bonchev–Trinajstić information content (AvgIpc) is 2.17. The van der Waals surface area contributed by atoms with Crippen LogP contribution in [0, 0.1) is 0 Å². The van der Waals surface area contributed by atoms with Crippen LogP contribution in [0.1, 0.15) is 30.9 Å². The van der Waals surface area contributed by atoms with Gasteiger partial charge in [-0.1, -0.05) is 13.8 Å². The zero-order valence-electron chi connectivity index (χ0n) is 8.63. The van der Waals surface area contributed by atoms with Gasteiger partial charge in [0.25, 0.3) is 5.56 Å². The third-order valence-corrected chi connectivity index (χ3v) is 2.19. The molecule has 0 amide bonds. The zero-order chi connectivity index (χ0) is 10.6. The molecule has 0 atom stereocenters. The molecule has 1 heterocycles. The molecule has 0 saturated heterocycles. The maximum absolute atomic E-state index is 11.5. The Morgan fingerprint density at radius 3 is 2.57 bits per heavy atom. The number of aryl methyl sites for hydroxylation is 1. The molecule has 0 bridgehead atoms. The van der Waals surface area contributed by atoms with Crippen LogP contribution in [-0.4, -0.2) is 21.7 Å². The van der Waals surface area contributed by atoms with Crippen molar-refractivity contribution in [2.75, 3.05) is 6.61 Å². The second-order valence-electron chi connectivity index (χ2n) is 3.12. The van der Waals surface area contributed by atoms with Crippen molar-refractivity contribution in [1.29, 1.82) is 0 Å². The van der Waals surface area contributed by atoms with Gasteiger partial charge in [-0.05, 0) is 12.8 Å². The number of H-pyrrole nitrogens is 1. The smallest absolute Gasteiger partial charge is 0.254 e. The summed E-state index contributed by atoms with van der Waals surface area (Å²) in [6.07, 6.45) is 1.86. The van der Waals surface area contributed by atoms with E-state index in [0.29, 0.717) is 18.7 Å². The quantitative estimate of drug-likeness (QED) is 0.734. The molecule has 0 aliphatic rings. The Hall–Kier alpha value is -1.16. The number of aromatic amines is 1. The van der Waals surface area contributed by atoms with Crippen molar-refractivity contribution in [1.82, 2.24) is 9.97 Å². The summed E-state index contributed by atoms with van der Waals surface area (Å²) in [4.78, 5) is 18.5. The first-order chi connectivity index (χ1) is 6.72. The number of rotatable bonds is 4. The van der Waals surface area contributed by atoms with E-state index in [1.807, 2.05) is 13.8 Å². The van der Waals surface area contributed by atoms with Crippen molar-refractivity contribution in [3.05, 3.63) is 27.4 Å². The van der Waals surface area contributed by atoms with Crippen molar-refractivity contribution in [3.63, 3.8) is 0 Å². The van der Waals surface area contributed by atoms with Crippen molar-refractivity contribution < 1.29 is 5.11 Å². The van der Waals surface area contributed by atoms with E-state index in [0.717, 1.165) is 17.7 Å². The Morgan fingerprint density at radius 2 is 2.07 bits per heavy atom. The van der Waals surface area contributed by atoms with Crippen LogP contribution in [0.15, 0.2) is 4.79 Å². The standard InChI is InChI=1S/C10H16N2O2/c1-3-7-8(4-2)11-9(5-6-13)12-10(7)14/h13H,3-6H2,1-2H3,(H,11,12,14). The molecule has 4 nitrogen and oxygen atoms in total. The molecule has 2 N–H and O–H groups in total. The van der Waals surface area contributed by atoms with Gasteiger partial charge < -0.3 is 10.1 Å². The van der Waals surface area contributed by atoms with Gasteiger partial charge in [-0.25, -0.2) is 4.98 Å². The fourth-order valence-electron chi connectivity index (χ4n) is 1.48. The molecule has 1 rings (SSSR count). The van der Waals surface area contributed by atoms with Crippen LogP contribution in [0.25, 0.3) is 0 Å². The molecule has 0 aliphatic carbocycles. The van der Waals surface area contributed by atoms with Crippen molar-refractivity contribution in [2.45, 2.75) is 33.1 Å². The third-order valence-electron chi connectivity index (χ3n) is 2.19. The number of nitrogens with zero attached hydrogens (tertiary/aromatic N) is 1. The second-order valence-corrected chi connectivity index (χ2v) is 3.12. The molecule has 1 aromatic rings. The lowest BCUT2D eigenvalue weighted by molar-refractivity contribution is 0.296. The summed E-state index contributed by atoms with van der Waals surface area (Å²) in [7, 11) is 0. The minimum atomic E-state index is -0.0669. The molecular formula is C10H16N2O2. The summed E-state index contributed by atoms with van der Waals surface area (Å²) in [5.74, 6) is 0.576. The first kappa shape index (κ1) is 10.9. The minimum Gasteiger partial charge on any atom is -0.396 e. The first-order valence-electron chi connectivity index (χ1n) is 4.94. The molecule has 0 aromatic carbocycles. The van der Waals surface area contributed by atoms with Gasteiger partial charge in [0.05, 0.1) is 12.3 Å². The van der Waals surface area contributed by atoms with Crippen LogP contribution >= 0.6 is 0 Å². The van der Waals surface area contributed by atoms with E-state index in [2.05, 4.69) is 9.97 Å². The largest absolute Gasteiger partial charge is 0.396 e. The minimum absolute atomic E-state index is 0.0115. The van der Waals surface area contributed by atoms with E-state index in [1.54, 1.807) is 0 Å². The van der Waals surface area contributed by atoms with Crippen molar-refractivity contribution >= 4 is 0 Å². The monoisotopic (exact) mass is 196 g/mol. The van der Waals surface area contributed by atoms with E-state index >= 15 is 0 Å². The molecule has 1 aromatic heterocycles. The summed E-state index contributed by atoms with van der Waals surface area (Å²) < 4.78 is 0. The van der Waals surface area contributed by atoms with Crippen LogP contribution in [-0.2, 0) is 19.3 Å². The highest BCUT2D eigenvalue weighted by Crippen LogP contribution is 2.02. The SMILES string of the molecule is CCc1nc(CCO)[nH]c(=O)c1CC. The number of hydrogen-bond acceptors (Lipinski definition) is 3. The highest BCUT2D eigenvalue weighted by atomic mass is 16.3. The van der Waals surface area contributed by atoms with E-state index in [9.17, 15) is 4.79 Å².